The molecule has 1 aromatic heterocycles. The Bertz CT molecular complexity index is 1130. The summed E-state index contributed by atoms with van der Waals surface area (Å²) in [6, 6.07) is 29.7. The van der Waals surface area contributed by atoms with Crippen molar-refractivity contribution in [3.05, 3.63) is 107 Å². The molecule has 0 saturated heterocycles. The Morgan fingerprint density at radius 1 is 0.710 bits per heavy atom. The maximum Gasteiger partial charge on any atom is 0.225 e. The largest absolute Gasteiger partial charge is 0.496 e. The summed E-state index contributed by atoms with van der Waals surface area (Å²) in [6.45, 7) is 0.842. The molecule has 0 aliphatic carbocycles. The van der Waals surface area contributed by atoms with Crippen LogP contribution in [0.3, 0.4) is 0 Å². The van der Waals surface area contributed by atoms with Crippen molar-refractivity contribution < 1.29 is 14.2 Å². The van der Waals surface area contributed by atoms with Gasteiger partial charge in [0.25, 0.3) is 0 Å². The van der Waals surface area contributed by atoms with Gasteiger partial charge in [-0.1, -0.05) is 76.6 Å². The molecule has 4 aromatic rings. The van der Waals surface area contributed by atoms with Crippen LogP contribution < -0.4 is 14.2 Å². The third-order valence-electron chi connectivity index (χ3n) is 4.74. The molecule has 0 radical (unpaired) electrons. The lowest BCUT2D eigenvalue weighted by Gasteiger charge is -2.15. The van der Waals surface area contributed by atoms with E-state index in [0.29, 0.717) is 25.0 Å². The minimum Gasteiger partial charge on any atom is -0.496 e. The number of pyridine rings is 1. The Morgan fingerprint density at radius 2 is 1.32 bits per heavy atom. The van der Waals surface area contributed by atoms with E-state index in [4.69, 9.17) is 14.2 Å². The van der Waals surface area contributed by atoms with Crippen LogP contribution in [0.15, 0.2) is 95.5 Å². The molecule has 0 spiro atoms. The number of rotatable bonds is 8. The molecule has 3 aromatic carbocycles. The third-order valence-corrected chi connectivity index (χ3v) is 5.23. The van der Waals surface area contributed by atoms with Gasteiger partial charge >= 0.3 is 0 Å². The lowest BCUT2D eigenvalue weighted by Crippen LogP contribution is -2.03. The number of halogens is 1. The zero-order chi connectivity index (χ0) is 21.5. The second kappa shape index (κ2) is 10.1. The van der Waals surface area contributed by atoms with E-state index in [2.05, 4.69) is 20.9 Å². The van der Waals surface area contributed by atoms with Crippen molar-refractivity contribution in [2.75, 3.05) is 7.11 Å². The van der Waals surface area contributed by atoms with E-state index in [1.54, 1.807) is 7.11 Å². The van der Waals surface area contributed by atoms with Gasteiger partial charge in [0.2, 0.25) is 11.8 Å². The topological polar surface area (TPSA) is 40.6 Å². The normalized spacial score (nSPS) is 10.5. The summed E-state index contributed by atoms with van der Waals surface area (Å²) in [4.78, 5) is 4.67. The molecule has 0 aliphatic heterocycles. The summed E-state index contributed by atoms with van der Waals surface area (Å²) in [5.41, 5.74) is 3.88. The van der Waals surface area contributed by atoms with E-state index < -0.39 is 0 Å². The SMILES string of the molecule is COc1cc(Br)ccc1-c1ccc(OCc2ccccc2)nc1OCc1ccccc1. The van der Waals surface area contributed by atoms with E-state index in [1.807, 2.05) is 91.0 Å². The number of hydrogen-bond donors (Lipinski definition) is 0. The summed E-state index contributed by atoms with van der Waals surface area (Å²) in [6.07, 6.45) is 0. The van der Waals surface area contributed by atoms with Gasteiger partial charge in [-0.2, -0.15) is 4.98 Å². The molecule has 4 rings (SSSR count). The molecule has 5 heteroatoms. The summed E-state index contributed by atoms with van der Waals surface area (Å²) in [5, 5.41) is 0. The number of nitrogens with zero attached hydrogens (tertiary/aromatic N) is 1. The molecular formula is C26H22BrNO3. The highest BCUT2D eigenvalue weighted by Gasteiger charge is 2.15. The molecule has 31 heavy (non-hydrogen) atoms. The number of hydrogen-bond acceptors (Lipinski definition) is 4. The first-order valence-electron chi connectivity index (χ1n) is 9.91. The zero-order valence-electron chi connectivity index (χ0n) is 17.1. The number of methoxy groups -OCH3 is 1. The van der Waals surface area contributed by atoms with Crippen molar-refractivity contribution >= 4 is 15.9 Å². The third kappa shape index (κ3) is 5.44. The van der Waals surface area contributed by atoms with Gasteiger partial charge in [-0.25, -0.2) is 0 Å². The predicted molar refractivity (Wildman–Crippen MR) is 125 cm³/mol. The molecule has 4 nitrogen and oxygen atoms in total. The Hall–Kier alpha value is -3.31. The van der Waals surface area contributed by atoms with Crippen LogP contribution in [-0.4, -0.2) is 12.1 Å². The fourth-order valence-corrected chi connectivity index (χ4v) is 3.50. The first kappa shape index (κ1) is 20.9. The smallest absolute Gasteiger partial charge is 0.225 e. The molecule has 0 saturated carbocycles. The molecule has 0 amide bonds. The summed E-state index contributed by atoms with van der Waals surface area (Å²) >= 11 is 3.50. The molecule has 0 N–H and O–H groups in total. The highest BCUT2D eigenvalue weighted by molar-refractivity contribution is 9.10. The van der Waals surface area contributed by atoms with Gasteiger partial charge in [-0.3, -0.25) is 0 Å². The Balaban J connectivity index is 1.64. The van der Waals surface area contributed by atoms with Crippen molar-refractivity contribution in [3.8, 4) is 28.6 Å². The van der Waals surface area contributed by atoms with Gasteiger partial charge in [0.15, 0.2) is 0 Å². The van der Waals surface area contributed by atoms with E-state index >= 15 is 0 Å². The van der Waals surface area contributed by atoms with Crippen LogP contribution in [-0.2, 0) is 13.2 Å². The molecule has 0 aliphatic rings. The molecular weight excluding hydrogens is 454 g/mol. The molecule has 0 unspecified atom stereocenters. The second-order valence-electron chi connectivity index (χ2n) is 6.90. The fourth-order valence-electron chi connectivity index (χ4n) is 3.16. The van der Waals surface area contributed by atoms with E-state index in [-0.39, 0.29) is 0 Å². The quantitative estimate of drug-likeness (QED) is 0.285. The van der Waals surface area contributed by atoms with E-state index in [0.717, 1.165) is 32.5 Å². The molecule has 0 atom stereocenters. The highest BCUT2D eigenvalue weighted by Crippen LogP contribution is 2.38. The van der Waals surface area contributed by atoms with Crippen LogP contribution in [0.25, 0.3) is 11.1 Å². The van der Waals surface area contributed by atoms with Gasteiger partial charge < -0.3 is 14.2 Å². The monoisotopic (exact) mass is 475 g/mol. The lowest BCUT2D eigenvalue weighted by atomic mass is 10.1. The highest BCUT2D eigenvalue weighted by atomic mass is 79.9. The van der Waals surface area contributed by atoms with Crippen molar-refractivity contribution in [3.63, 3.8) is 0 Å². The molecule has 0 bridgehead atoms. The standard InChI is InChI=1S/C26H22BrNO3/c1-29-24-16-21(27)12-13-22(24)23-14-15-25(30-17-19-8-4-2-5-9-19)28-26(23)31-18-20-10-6-3-7-11-20/h2-16H,17-18H2,1H3. The van der Waals surface area contributed by atoms with Gasteiger partial charge in [-0.15, -0.1) is 0 Å². The Kier molecular flexibility index (Phi) is 6.85. The Labute approximate surface area is 190 Å². The minimum atomic E-state index is 0.405. The van der Waals surface area contributed by atoms with Gasteiger partial charge in [0, 0.05) is 21.7 Å². The second-order valence-corrected chi connectivity index (χ2v) is 7.81. The minimum absolute atomic E-state index is 0.405. The summed E-state index contributed by atoms with van der Waals surface area (Å²) in [5.74, 6) is 1.74. The van der Waals surface area contributed by atoms with Crippen LogP contribution in [0.1, 0.15) is 11.1 Å². The van der Waals surface area contributed by atoms with Gasteiger partial charge in [0.1, 0.15) is 19.0 Å². The van der Waals surface area contributed by atoms with Crippen molar-refractivity contribution in [2.45, 2.75) is 13.2 Å². The van der Waals surface area contributed by atoms with Gasteiger partial charge in [-0.05, 0) is 35.4 Å². The lowest BCUT2D eigenvalue weighted by molar-refractivity contribution is 0.268. The van der Waals surface area contributed by atoms with E-state index in [9.17, 15) is 0 Å². The number of ether oxygens (including phenoxy) is 3. The summed E-state index contributed by atoms with van der Waals surface area (Å²) < 4.78 is 18.6. The van der Waals surface area contributed by atoms with Crippen LogP contribution in [0, 0.1) is 0 Å². The summed E-state index contributed by atoms with van der Waals surface area (Å²) in [7, 11) is 1.65. The fraction of sp³-hybridized carbons (Fsp3) is 0.115. The molecule has 1 heterocycles. The van der Waals surface area contributed by atoms with Crippen LogP contribution in [0.4, 0.5) is 0 Å². The van der Waals surface area contributed by atoms with Crippen LogP contribution in [0.2, 0.25) is 0 Å². The van der Waals surface area contributed by atoms with Gasteiger partial charge in [0.05, 0.1) is 7.11 Å². The first-order chi connectivity index (χ1) is 15.2. The maximum absolute atomic E-state index is 6.14. The maximum atomic E-state index is 6.14. The van der Waals surface area contributed by atoms with E-state index in [1.165, 1.54) is 0 Å². The zero-order valence-corrected chi connectivity index (χ0v) is 18.7. The average Bonchev–Trinajstić information content (AvgIpc) is 2.83. The molecule has 156 valence electrons. The Morgan fingerprint density at radius 3 is 1.97 bits per heavy atom. The average molecular weight is 476 g/mol. The predicted octanol–water partition coefficient (Wildman–Crippen LogP) is 6.68. The van der Waals surface area contributed by atoms with Crippen LogP contribution in [0.5, 0.6) is 17.5 Å². The number of aromatic nitrogens is 1. The number of benzene rings is 3. The van der Waals surface area contributed by atoms with Crippen molar-refractivity contribution in [2.24, 2.45) is 0 Å². The van der Waals surface area contributed by atoms with Crippen molar-refractivity contribution in [1.29, 1.82) is 0 Å². The first-order valence-corrected chi connectivity index (χ1v) is 10.7. The van der Waals surface area contributed by atoms with Crippen molar-refractivity contribution in [1.82, 2.24) is 4.98 Å². The molecule has 0 fully saturated rings. The van der Waals surface area contributed by atoms with Crippen LogP contribution >= 0.6 is 15.9 Å².